The number of ketones is 1. The fourth-order valence-corrected chi connectivity index (χ4v) is 2.58. The molecule has 5 N–H and O–H groups in total. The summed E-state index contributed by atoms with van der Waals surface area (Å²) in [6.45, 7) is 2.01. The summed E-state index contributed by atoms with van der Waals surface area (Å²) in [6, 6.07) is 5.80. The molecule has 3 aliphatic rings. The van der Waals surface area contributed by atoms with E-state index in [1.165, 1.54) is 17.4 Å². The Labute approximate surface area is 127 Å². The van der Waals surface area contributed by atoms with Crippen LogP contribution in [0.25, 0.3) is 0 Å². The van der Waals surface area contributed by atoms with Crippen LogP contribution in [0.4, 0.5) is 11.8 Å². The topological polar surface area (TPSA) is 116 Å². The minimum absolute atomic E-state index is 0.00354. The van der Waals surface area contributed by atoms with Crippen molar-refractivity contribution in [2.45, 2.75) is 19.5 Å². The van der Waals surface area contributed by atoms with E-state index in [-0.39, 0.29) is 23.6 Å². The van der Waals surface area contributed by atoms with Crippen LogP contribution in [0.3, 0.4) is 0 Å². The van der Waals surface area contributed by atoms with Crippen molar-refractivity contribution in [3.05, 3.63) is 39.9 Å². The number of hydrogen-bond donors (Lipinski definition) is 3. The summed E-state index contributed by atoms with van der Waals surface area (Å²) in [5.74, 6) is 1.47. The van der Waals surface area contributed by atoms with Crippen LogP contribution in [0.1, 0.15) is 24.2 Å². The van der Waals surface area contributed by atoms with Crippen LogP contribution in [0, 0.1) is 10.4 Å². The predicted octanol–water partition coefficient (Wildman–Crippen LogP) is 0.670. The first kappa shape index (κ1) is 14.3. The number of nitrogens with one attached hydrogen (secondary N) is 1. The van der Waals surface area contributed by atoms with Gasteiger partial charge in [0.1, 0.15) is 11.6 Å². The monoisotopic (exact) mass is 299 g/mol. The summed E-state index contributed by atoms with van der Waals surface area (Å²) in [5, 5.41) is 5.62. The van der Waals surface area contributed by atoms with Gasteiger partial charge in [0.05, 0.1) is 18.8 Å². The van der Waals surface area contributed by atoms with E-state index in [2.05, 4.69) is 27.4 Å². The maximum absolute atomic E-state index is 11.2. The number of nitrogens with two attached hydrogens (primary N) is 2. The molecule has 0 saturated carbocycles. The molecule has 0 spiro atoms. The van der Waals surface area contributed by atoms with E-state index in [0.29, 0.717) is 12.1 Å². The zero-order valence-corrected chi connectivity index (χ0v) is 12.4. The van der Waals surface area contributed by atoms with Gasteiger partial charge in [0.25, 0.3) is 0 Å². The molecule has 1 aromatic rings. The fourth-order valence-electron chi connectivity index (χ4n) is 2.58. The first-order valence-corrected chi connectivity index (χ1v) is 6.85. The van der Waals surface area contributed by atoms with Crippen LogP contribution in [0.2, 0.25) is 0 Å². The molecule has 0 aromatic carbocycles. The molecule has 1 unspecified atom stereocenters. The zero-order valence-electron chi connectivity index (χ0n) is 12.4. The van der Waals surface area contributed by atoms with Crippen molar-refractivity contribution >= 4 is 17.5 Å². The van der Waals surface area contributed by atoms with Gasteiger partial charge in [-0.05, 0) is 18.2 Å². The number of benzene rings is 1. The van der Waals surface area contributed by atoms with Crippen LogP contribution < -0.4 is 21.5 Å². The molecule has 1 aromatic heterocycles. The SMILES string of the molecule is CC(=O)C1NCc2nc(N)nc(N)c21.COc1cc2ccc1=2. The third-order valence-corrected chi connectivity index (χ3v) is 3.75. The van der Waals surface area contributed by atoms with Crippen molar-refractivity contribution in [2.75, 3.05) is 18.6 Å². The molecule has 114 valence electrons. The lowest BCUT2D eigenvalue weighted by molar-refractivity contribution is -0.118. The van der Waals surface area contributed by atoms with Gasteiger partial charge in [-0.15, -0.1) is 0 Å². The summed E-state index contributed by atoms with van der Waals surface area (Å²) in [7, 11) is 1.70. The van der Waals surface area contributed by atoms with E-state index in [4.69, 9.17) is 16.2 Å². The first-order valence-electron chi connectivity index (χ1n) is 6.85. The van der Waals surface area contributed by atoms with E-state index in [1.54, 1.807) is 7.11 Å². The smallest absolute Gasteiger partial charge is 0.222 e. The number of fused-ring (bicyclic) bond motifs is 1. The molecule has 4 rings (SSSR count). The van der Waals surface area contributed by atoms with Gasteiger partial charge in [0.2, 0.25) is 5.95 Å². The number of nitrogens with zero attached hydrogens (tertiary/aromatic N) is 2. The molecular weight excluding hydrogens is 282 g/mol. The lowest BCUT2D eigenvalue weighted by Crippen LogP contribution is -2.20. The van der Waals surface area contributed by atoms with Crippen LogP contribution in [-0.2, 0) is 11.3 Å². The Morgan fingerprint density at radius 1 is 1.36 bits per heavy atom. The maximum atomic E-state index is 11.2. The Bertz CT molecular complexity index is 850. The summed E-state index contributed by atoms with van der Waals surface area (Å²) < 4.78 is 4.97. The molecule has 1 aliphatic heterocycles. The fraction of sp³-hybridized carbons (Fsp3) is 0.267. The van der Waals surface area contributed by atoms with Gasteiger partial charge in [-0.3, -0.25) is 10.1 Å². The van der Waals surface area contributed by atoms with Gasteiger partial charge in [0, 0.05) is 17.3 Å². The number of anilines is 2. The number of methoxy groups -OCH3 is 1. The average Bonchev–Trinajstić information content (AvgIpc) is 2.86. The number of nitrogen functional groups attached to an aromatic ring is 2. The quantitative estimate of drug-likeness (QED) is 0.636. The third-order valence-electron chi connectivity index (χ3n) is 3.75. The number of carbonyl (C=O) groups is 1. The van der Waals surface area contributed by atoms with Gasteiger partial charge in [0.15, 0.2) is 5.78 Å². The second-order valence-corrected chi connectivity index (χ2v) is 5.17. The number of Topliss-reactive ketones (excluding diaryl/α,β-unsaturated/α-hetero) is 1. The van der Waals surface area contributed by atoms with Gasteiger partial charge >= 0.3 is 0 Å². The summed E-state index contributed by atoms with van der Waals surface area (Å²) in [6.07, 6.45) is 0. The van der Waals surface area contributed by atoms with Crippen LogP contribution in [-0.4, -0.2) is 22.9 Å². The molecule has 2 heterocycles. The molecular formula is C15H17N5O2. The van der Waals surface area contributed by atoms with E-state index in [1.807, 2.05) is 6.07 Å². The van der Waals surface area contributed by atoms with Gasteiger partial charge < -0.3 is 16.2 Å². The maximum Gasteiger partial charge on any atom is 0.222 e. The Kier molecular flexibility index (Phi) is 3.42. The van der Waals surface area contributed by atoms with Crippen molar-refractivity contribution in [1.29, 1.82) is 0 Å². The molecule has 0 amide bonds. The highest BCUT2D eigenvalue weighted by Crippen LogP contribution is 2.29. The van der Waals surface area contributed by atoms with Crippen molar-refractivity contribution in [3.8, 4) is 5.75 Å². The molecule has 22 heavy (non-hydrogen) atoms. The zero-order chi connectivity index (χ0) is 15.9. The number of hydrogen-bond acceptors (Lipinski definition) is 7. The molecule has 0 fully saturated rings. The lowest BCUT2D eigenvalue weighted by Gasteiger charge is -2.08. The molecule has 2 aliphatic carbocycles. The van der Waals surface area contributed by atoms with E-state index < -0.39 is 0 Å². The Morgan fingerprint density at radius 3 is 2.59 bits per heavy atom. The minimum Gasteiger partial charge on any atom is -0.496 e. The number of ether oxygens (including phenoxy) is 1. The summed E-state index contributed by atoms with van der Waals surface area (Å²) in [5.41, 5.74) is 12.5. The number of carbonyl (C=O) groups excluding carboxylic acids is 1. The highest BCUT2D eigenvalue weighted by atomic mass is 16.5. The standard InChI is InChI=1S/C8H11N5O.C7H6O/c1-3(14)6-5-4(2-11-6)12-8(10)13-7(5)9;1-8-7-4-5-2-3-6(5)7/h6,11H,2H2,1H3,(H4,9,10,12,13);2-4H,1H3. The Hall–Kier alpha value is -2.67. The van der Waals surface area contributed by atoms with E-state index in [0.717, 1.165) is 11.4 Å². The largest absolute Gasteiger partial charge is 0.496 e. The number of rotatable bonds is 2. The molecule has 7 nitrogen and oxygen atoms in total. The number of aromatic nitrogens is 2. The van der Waals surface area contributed by atoms with Gasteiger partial charge in [-0.1, -0.05) is 12.1 Å². The molecule has 0 saturated heterocycles. The summed E-state index contributed by atoms with van der Waals surface area (Å²) >= 11 is 0. The van der Waals surface area contributed by atoms with Crippen molar-refractivity contribution in [3.63, 3.8) is 0 Å². The highest BCUT2D eigenvalue weighted by Gasteiger charge is 2.29. The van der Waals surface area contributed by atoms with Crippen molar-refractivity contribution in [1.82, 2.24) is 15.3 Å². The predicted molar refractivity (Wildman–Crippen MR) is 81.8 cm³/mol. The average molecular weight is 299 g/mol. The minimum atomic E-state index is -0.384. The molecule has 7 heteroatoms. The van der Waals surface area contributed by atoms with Crippen LogP contribution in [0.15, 0.2) is 18.2 Å². The Balaban J connectivity index is 0.000000151. The molecule has 0 bridgehead atoms. The normalized spacial score (nSPS) is 16.4. The lowest BCUT2D eigenvalue weighted by atomic mass is 10.1. The highest BCUT2D eigenvalue weighted by molar-refractivity contribution is 5.85. The van der Waals surface area contributed by atoms with Crippen molar-refractivity contribution in [2.24, 2.45) is 0 Å². The molecule has 1 atom stereocenters. The van der Waals surface area contributed by atoms with Crippen LogP contribution in [0.5, 0.6) is 5.75 Å². The third kappa shape index (κ3) is 2.25. The second-order valence-electron chi connectivity index (χ2n) is 5.17. The Morgan fingerprint density at radius 2 is 2.14 bits per heavy atom. The van der Waals surface area contributed by atoms with E-state index >= 15 is 0 Å². The van der Waals surface area contributed by atoms with Crippen LogP contribution >= 0.6 is 0 Å². The molecule has 0 radical (unpaired) electrons. The van der Waals surface area contributed by atoms with Gasteiger partial charge in [-0.2, -0.15) is 4.98 Å². The second kappa shape index (κ2) is 5.27. The van der Waals surface area contributed by atoms with E-state index in [9.17, 15) is 4.79 Å². The van der Waals surface area contributed by atoms with Crippen molar-refractivity contribution < 1.29 is 9.53 Å². The summed E-state index contributed by atoms with van der Waals surface area (Å²) in [4.78, 5) is 19.1. The first-order chi connectivity index (χ1) is 10.5. The van der Waals surface area contributed by atoms with Gasteiger partial charge in [-0.25, -0.2) is 4.98 Å².